The number of halogens is 1. The fourth-order valence-corrected chi connectivity index (χ4v) is 2.70. The molecule has 5 nitrogen and oxygen atoms in total. The summed E-state index contributed by atoms with van der Waals surface area (Å²) in [5, 5.41) is 10.0. The van der Waals surface area contributed by atoms with Crippen LogP contribution in [-0.4, -0.2) is 31.5 Å². The van der Waals surface area contributed by atoms with Crippen LogP contribution in [0.15, 0.2) is 18.3 Å². The van der Waals surface area contributed by atoms with Crippen LogP contribution in [0.4, 0.5) is 0 Å². The van der Waals surface area contributed by atoms with Gasteiger partial charge in [-0.2, -0.15) is 0 Å². The number of pyridine rings is 1. The number of nitrogens with zero attached hydrogens (tertiary/aromatic N) is 1. The number of hydrogen-bond acceptors (Lipinski definition) is 4. The second-order valence-corrected chi connectivity index (χ2v) is 5.32. The Bertz CT molecular complexity index is 422. The Balaban J connectivity index is 0.000000491. The Morgan fingerprint density at radius 2 is 2.29 bits per heavy atom. The van der Waals surface area contributed by atoms with Gasteiger partial charge in [0.1, 0.15) is 5.15 Å². The van der Waals surface area contributed by atoms with E-state index in [1.807, 2.05) is 6.07 Å². The first-order valence-electron chi connectivity index (χ1n) is 7.42. The van der Waals surface area contributed by atoms with E-state index >= 15 is 0 Å². The Kier molecular flexibility index (Phi) is 8.27. The van der Waals surface area contributed by atoms with E-state index in [4.69, 9.17) is 16.4 Å². The van der Waals surface area contributed by atoms with Gasteiger partial charge in [0.25, 0.3) is 0 Å². The Morgan fingerprint density at radius 3 is 2.81 bits per heavy atom. The van der Waals surface area contributed by atoms with Gasteiger partial charge in [-0.1, -0.05) is 24.6 Å². The maximum absolute atomic E-state index is 9.06. The molecular formula is C15H25ClN4O. The van der Waals surface area contributed by atoms with Gasteiger partial charge in [-0.05, 0) is 44.8 Å². The molecule has 1 aliphatic rings. The van der Waals surface area contributed by atoms with Gasteiger partial charge in [-0.25, -0.2) is 4.98 Å². The molecule has 0 aliphatic carbocycles. The highest BCUT2D eigenvalue weighted by molar-refractivity contribution is 6.30. The lowest BCUT2D eigenvalue weighted by Gasteiger charge is -2.40. The minimum Gasteiger partial charge on any atom is -0.362 e. The number of carbonyl (C=O) groups is 1. The Labute approximate surface area is 131 Å². The lowest BCUT2D eigenvalue weighted by Crippen LogP contribution is -2.56. The van der Waals surface area contributed by atoms with Crippen LogP contribution >= 0.6 is 11.6 Å². The lowest BCUT2D eigenvalue weighted by molar-refractivity contribution is -0.109. The maximum atomic E-state index is 9.06. The van der Waals surface area contributed by atoms with Crippen molar-refractivity contribution in [1.82, 2.24) is 20.9 Å². The molecule has 0 aromatic carbocycles. The van der Waals surface area contributed by atoms with Crippen LogP contribution in [0.5, 0.6) is 0 Å². The smallest absolute Gasteiger partial charge is 0.206 e. The van der Waals surface area contributed by atoms with Gasteiger partial charge < -0.3 is 5.32 Å². The van der Waals surface area contributed by atoms with Crippen LogP contribution in [0.25, 0.3) is 0 Å². The second kappa shape index (κ2) is 9.71. The van der Waals surface area contributed by atoms with Crippen LogP contribution in [0.3, 0.4) is 0 Å². The summed E-state index contributed by atoms with van der Waals surface area (Å²) in [6, 6.07) is 4.02. The van der Waals surface area contributed by atoms with Crippen molar-refractivity contribution in [3.63, 3.8) is 0 Å². The van der Waals surface area contributed by atoms with Gasteiger partial charge in [0.2, 0.25) is 6.41 Å². The average molecular weight is 313 g/mol. The molecular weight excluding hydrogens is 288 g/mol. The first-order chi connectivity index (χ1) is 10.2. The standard InChI is InChI=1S/C13H20ClN3.C2H5NO/c1-2-8-16-13(7-3-4-10-17-13)11-6-5-9-15-12(11)14;1-3-2-4/h5-6,9,16-17H,2-4,7-8,10H2,1H3;2H,1H3,(H,3,4). The summed E-state index contributed by atoms with van der Waals surface area (Å²) in [6.07, 6.45) is 6.99. The molecule has 1 aromatic heterocycles. The van der Waals surface area contributed by atoms with Gasteiger partial charge in [-0.3, -0.25) is 15.4 Å². The van der Waals surface area contributed by atoms with Crippen LogP contribution in [0.2, 0.25) is 5.15 Å². The van der Waals surface area contributed by atoms with Gasteiger partial charge in [-0.15, -0.1) is 0 Å². The lowest BCUT2D eigenvalue weighted by atomic mass is 9.91. The summed E-state index contributed by atoms with van der Waals surface area (Å²) in [7, 11) is 1.56. The third-order valence-corrected chi connectivity index (χ3v) is 3.72. The fourth-order valence-electron chi connectivity index (χ4n) is 2.42. The molecule has 2 rings (SSSR count). The molecule has 6 heteroatoms. The molecule has 0 saturated carbocycles. The zero-order valence-corrected chi connectivity index (χ0v) is 13.5. The zero-order chi connectivity index (χ0) is 15.6. The molecule has 1 fully saturated rings. The molecule has 0 radical (unpaired) electrons. The van der Waals surface area contributed by atoms with Crippen LogP contribution in [0, 0.1) is 0 Å². The molecule has 1 aromatic rings. The van der Waals surface area contributed by atoms with Crippen molar-refractivity contribution in [3.8, 4) is 0 Å². The van der Waals surface area contributed by atoms with Gasteiger partial charge in [0.05, 0.1) is 5.66 Å². The van der Waals surface area contributed by atoms with Crippen LogP contribution < -0.4 is 16.0 Å². The number of nitrogens with one attached hydrogen (secondary N) is 3. The van der Waals surface area contributed by atoms with Gasteiger partial charge in [0, 0.05) is 18.8 Å². The van der Waals surface area contributed by atoms with E-state index < -0.39 is 0 Å². The minimum atomic E-state index is -0.181. The molecule has 21 heavy (non-hydrogen) atoms. The van der Waals surface area contributed by atoms with Crippen LogP contribution in [-0.2, 0) is 10.5 Å². The third-order valence-electron chi connectivity index (χ3n) is 3.42. The molecule has 1 atom stereocenters. The largest absolute Gasteiger partial charge is 0.362 e. The van der Waals surface area contributed by atoms with Crippen molar-refractivity contribution in [2.24, 2.45) is 0 Å². The summed E-state index contributed by atoms with van der Waals surface area (Å²) in [5.74, 6) is 0. The van der Waals surface area contributed by atoms with E-state index in [-0.39, 0.29) is 5.66 Å². The molecule has 1 aliphatic heterocycles. The fraction of sp³-hybridized carbons (Fsp3) is 0.600. The topological polar surface area (TPSA) is 66.1 Å². The van der Waals surface area contributed by atoms with Crippen molar-refractivity contribution in [1.29, 1.82) is 0 Å². The predicted molar refractivity (Wildman–Crippen MR) is 86.2 cm³/mol. The molecule has 0 spiro atoms. The van der Waals surface area contributed by atoms with Crippen molar-refractivity contribution in [2.45, 2.75) is 38.3 Å². The highest BCUT2D eigenvalue weighted by Crippen LogP contribution is 2.31. The second-order valence-electron chi connectivity index (χ2n) is 4.96. The highest BCUT2D eigenvalue weighted by Gasteiger charge is 2.34. The van der Waals surface area contributed by atoms with E-state index in [1.165, 1.54) is 12.8 Å². The van der Waals surface area contributed by atoms with Crippen molar-refractivity contribution in [2.75, 3.05) is 20.1 Å². The molecule has 1 saturated heterocycles. The number of rotatable bonds is 5. The highest BCUT2D eigenvalue weighted by atomic mass is 35.5. The summed E-state index contributed by atoms with van der Waals surface area (Å²) in [4.78, 5) is 13.3. The number of piperidine rings is 1. The van der Waals surface area contributed by atoms with E-state index in [1.54, 1.807) is 13.2 Å². The predicted octanol–water partition coefficient (Wildman–Crippen LogP) is 2.02. The summed E-state index contributed by atoms with van der Waals surface area (Å²) < 4.78 is 0. The molecule has 1 unspecified atom stereocenters. The average Bonchev–Trinajstić information content (AvgIpc) is 2.54. The Hall–Kier alpha value is -1.17. The first-order valence-corrected chi connectivity index (χ1v) is 7.80. The molecule has 1 amide bonds. The SMILES string of the molecule is CCCNC1(c2cccnc2Cl)CCCCN1.CNC=O. The van der Waals surface area contributed by atoms with E-state index in [2.05, 4.69) is 33.9 Å². The number of aromatic nitrogens is 1. The normalized spacial score (nSPS) is 21.1. The quantitative estimate of drug-likeness (QED) is 0.575. The van der Waals surface area contributed by atoms with Gasteiger partial charge in [0.15, 0.2) is 0 Å². The number of carbonyl (C=O) groups excluding carboxylic acids is 1. The van der Waals surface area contributed by atoms with Crippen molar-refractivity contribution < 1.29 is 4.79 Å². The van der Waals surface area contributed by atoms with E-state index in [0.717, 1.165) is 31.5 Å². The molecule has 2 heterocycles. The monoisotopic (exact) mass is 312 g/mol. The van der Waals surface area contributed by atoms with E-state index in [0.29, 0.717) is 11.6 Å². The van der Waals surface area contributed by atoms with Gasteiger partial charge >= 0.3 is 0 Å². The third kappa shape index (κ3) is 5.26. The zero-order valence-electron chi connectivity index (χ0n) is 12.8. The summed E-state index contributed by atoms with van der Waals surface area (Å²) in [5.41, 5.74) is 0.898. The van der Waals surface area contributed by atoms with Crippen molar-refractivity contribution in [3.05, 3.63) is 29.0 Å². The number of amides is 1. The number of hydrogen-bond donors (Lipinski definition) is 3. The van der Waals surface area contributed by atoms with Crippen molar-refractivity contribution >= 4 is 18.0 Å². The molecule has 118 valence electrons. The van der Waals surface area contributed by atoms with Crippen LogP contribution in [0.1, 0.15) is 38.2 Å². The molecule has 0 bridgehead atoms. The first kappa shape index (κ1) is 17.9. The Morgan fingerprint density at radius 1 is 1.52 bits per heavy atom. The maximum Gasteiger partial charge on any atom is 0.206 e. The summed E-state index contributed by atoms with van der Waals surface area (Å²) in [6.45, 7) is 4.19. The summed E-state index contributed by atoms with van der Waals surface area (Å²) >= 11 is 6.23. The minimum absolute atomic E-state index is 0.181. The van der Waals surface area contributed by atoms with E-state index in [9.17, 15) is 0 Å². The molecule has 3 N–H and O–H groups in total.